The summed E-state index contributed by atoms with van der Waals surface area (Å²) in [6.45, 7) is 7.68. The van der Waals surface area contributed by atoms with E-state index in [4.69, 9.17) is 17.0 Å². The third kappa shape index (κ3) is 4.94. The number of thiocarbonyl (C=S) groups is 1. The second-order valence-electron chi connectivity index (χ2n) is 8.59. The highest BCUT2D eigenvalue weighted by Gasteiger charge is 2.33. The van der Waals surface area contributed by atoms with Crippen molar-refractivity contribution >= 4 is 23.4 Å². The minimum absolute atomic E-state index is 0.0883. The van der Waals surface area contributed by atoms with Crippen LogP contribution in [0.15, 0.2) is 77.5 Å². The van der Waals surface area contributed by atoms with Gasteiger partial charge in [-0.3, -0.25) is 9.80 Å². The first-order valence-electron chi connectivity index (χ1n) is 11.4. The van der Waals surface area contributed by atoms with E-state index in [0.717, 1.165) is 52.5 Å². The average molecular weight is 447 g/mol. The van der Waals surface area contributed by atoms with E-state index in [0.29, 0.717) is 5.11 Å². The normalized spacial score (nSPS) is 23.6. The van der Waals surface area contributed by atoms with Gasteiger partial charge >= 0.3 is 0 Å². The Labute approximate surface area is 195 Å². The lowest BCUT2D eigenvalue weighted by Gasteiger charge is -2.41. The Morgan fingerprint density at radius 1 is 0.906 bits per heavy atom. The third-order valence-corrected chi connectivity index (χ3v) is 6.62. The molecule has 0 radical (unpaired) electrons. The van der Waals surface area contributed by atoms with Gasteiger partial charge in [-0.25, -0.2) is 0 Å². The van der Waals surface area contributed by atoms with E-state index < -0.39 is 0 Å². The molecule has 3 aliphatic heterocycles. The standard InChI is InChI=1S/C26H30N4OS/c32-26-27-24(21-9-5-2-6-10-21)23-19-30(12-11-29-13-15-31-16-14-29)18-22(25(23)28-26)17-20-7-3-1-4-8-20/h1-10,17,24H,11-16,18-19H2,(H2,27,28,32)/b22-17+. The molecule has 1 fully saturated rings. The summed E-state index contributed by atoms with van der Waals surface area (Å²) in [7, 11) is 0. The Bertz CT molecular complexity index is 999. The fourth-order valence-corrected chi connectivity index (χ4v) is 4.95. The molecule has 0 spiro atoms. The number of hydrogen-bond acceptors (Lipinski definition) is 4. The molecule has 5 nitrogen and oxygen atoms in total. The summed E-state index contributed by atoms with van der Waals surface area (Å²) in [4.78, 5) is 5.08. The number of hydrogen-bond donors (Lipinski definition) is 2. The summed E-state index contributed by atoms with van der Waals surface area (Å²) < 4.78 is 5.52. The molecular formula is C26H30N4OS. The number of rotatable bonds is 5. The van der Waals surface area contributed by atoms with Crippen molar-refractivity contribution in [1.82, 2.24) is 20.4 Å². The molecule has 0 amide bonds. The number of nitrogens with zero attached hydrogens (tertiary/aromatic N) is 2. The number of nitrogens with one attached hydrogen (secondary N) is 2. The van der Waals surface area contributed by atoms with Gasteiger partial charge < -0.3 is 15.4 Å². The van der Waals surface area contributed by atoms with Crippen LogP contribution in [-0.2, 0) is 4.74 Å². The Morgan fingerprint density at radius 3 is 2.34 bits per heavy atom. The molecular weight excluding hydrogens is 416 g/mol. The Morgan fingerprint density at radius 2 is 1.59 bits per heavy atom. The molecule has 3 aliphatic rings. The van der Waals surface area contributed by atoms with Crippen molar-refractivity contribution in [2.75, 3.05) is 52.5 Å². The van der Waals surface area contributed by atoms with Crippen LogP contribution >= 0.6 is 12.2 Å². The molecule has 1 saturated heterocycles. The van der Waals surface area contributed by atoms with Gasteiger partial charge in [0.25, 0.3) is 0 Å². The Balaban J connectivity index is 1.46. The van der Waals surface area contributed by atoms with Crippen molar-refractivity contribution < 1.29 is 4.74 Å². The van der Waals surface area contributed by atoms with Gasteiger partial charge in [-0.05, 0) is 40.6 Å². The molecule has 1 unspecified atom stereocenters. The first-order valence-corrected chi connectivity index (χ1v) is 11.8. The lowest BCUT2D eigenvalue weighted by atomic mass is 9.89. The first kappa shape index (κ1) is 21.3. The topological polar surface area (TPSA) is 39.8 Å². The molecule has 3 heterocycles. The van der Waals surface area contributed by atoms with Gasteiger partial charge in [-0.1, -0.05) is 60.7 Å². The summed E-state index contributed by atoms with van der Waals surface area (Å²) in [5, 5.41) is 7.71. The van der Waals surface area contributed by atoms with Crippen LogP contribution in [0.2, 0.25) is 0 Å². The summed E-state index contributed by atoms with van der Waals surface area (Å²) in [6.07, 6.45) is 2.30. The van der Waals surface area contributed by atoms with Crippen LogP contribution in [-0.4, -0.2) is 67.4 Å². The molecule has 1 atom stereocenters. The second kappa shape index (κ2) is 9.96. The van der Waals surface area contributed by atoms with Crippen LogP contribution in [0.1, 0.15) is 17.2 Å². The minimum atomic E-state index is 0.0883. The molecule has 0 saturated carbocycles. The summed E-state index contributed by atoms with van der Waals surface area (Å²) in [5.74, 6) is 0. The lowest BCUT2D eigenvalue weighted by molar-refractivity contribution is 0.0339. The van der Waals surface area contributed by atoms with Gasteiger partial charge in [0.2, 0.25) is 0 Å². The van der Waals surface area contributed by atoms with E-state index in [2.05, 4.69) is 87.2 Å². The molecule has 0 aromatic heterocycles. The highest BCUT2D eigenvalue weighted by Crippen LogP contribution is 2.34. The Kier molecular flexibility index (Phi) is 6.64. The first-order chi connectivity index (χ1) is 15.8. The van der Waals surface area contributed by atoms with E-state index in [9.17, 15) is 0 Å². The molecule has 2 aromatic carbocycles. The van der Waals surface area contributed by atoms with Crippen LogP contribution < -0.4 is 10.6 Å². The molecule has 0 aliphatic carbocycles. The molecule has 166 valence electrons. The van der Waals surface area contributed by atoms with E-state index in [1.165, 1.54) is 28.0 Å². The smallest absolute Gasteiger partial charge is 0.171 e. The van der Waals surface area contributed by atoms with Gasteiger partial charge in [0.05, 0.1) is 19.3 Å². The minimum Gasteiger partial charge on any atom is -0.379 e. The largest absolute Gasteiger partial charge is 0.379 e. The SMILES string of the molecule is S=C1NC2=C(CN(CCN3CCOCC3)C/C2=C\c2ccccc2)C(c2ccccc2)N1. The van der Waals surface area contributed by atoms with E-state index >= 15 is 0 Å². The maximum absolute atomic E-state index is 5.62. The fourth-order valence-electron chi connectivity index (χ4n) is 4.73. The van der Waals surface area contributed by atoms with Gasteiger partial charge in [0.1, 0.15) is 0 Å². The molecule has 5 rings (SSSR count). The zero-order valence-corrected chi connectivity index (χ0v) is 19.1. The zero-order valence-electron chi connectivity index (χ0n) is 18.3. The quantitative estimate of drug-likeness (QED) is 0.688. The van der Waals surface area contributed by atoms with Crippen molar-refractivity contribution in [3.05, 3.63) is 88.6 Å². The maximum atomic E-state index is 5.62. The van der Waals surface area contributed by atoms with Gasteiger partial charge in [0.15, 0.2) is 5.11 Å². The van der Waals surface area contributed by atoms with E-state index in [-0.39, 0.29) is 6.04 Å². The maximum Gasteiger partial charge on any atom is 0.171 e. The molecule has 0 bridgehead atoms. The zero-order chi connectivity index (χ0) is 21.8. The summed E-state index contributed by atoms with van der Waals surface area (Å²) in [6, 6.07) is 21.3. The molecule has 2 aromatic rings. The predicted molar refractivity (Wildman–Crippen MR) is 133 cm³/mol. The fraction of sp³-hybridized carbons (Fsp3) is 0.346. The van der Waals surface area contributed by atoms with Crippen molar-refractivity contribution in [3.8, 4) is 0 Å². The molecule has 32 heavy (non-hydrogen) atoms. The van der Waals surface area contributed by atoms with Crippen molar-refractivity contribution in [1.29, 1.82) is 0 Å². The second-order valence-corrected chi connectivity index (χ2v) is 9.00. The number of ether oxygens (including phenoxy) is 1. The Hall–Kier alpha value is -2.51. The highest BCUT2D eigenvalue weighted by molar-refractivity contribution is 7.80. The van der Waals surface area contributed by atoms with Crippen molar-refractivity contribution in [3.63, 3.8) is 0 Å². The van der Waals surface area contributed by atoms with Crippen LogP contribution in [0.4, 0.5) is 0 Å². The van der Waals surface area contributed by atoms with E-state index in [1.807, 2.05) is 0 Å². The highest BCUT2D eigenvalue weighted by atomic mass is 32.1. The summed E-state index contributed by atoms with van der Waals surface area (Å²) >= 11 is 5.62. The monoisotopic (exact) mass is 446 g/mol. The van der Waals surface area contributed by atoms with Crippen molar-refractivity contribution in [2.45, 2.75) is 6.04 Å². The lowest BCUT2D eigenvalue weighted by Crippen LogP contribution is -2.51. The van der Waals surface area contributed by atoms with Gasteiger partial charge in [-0.15, -0.1) is 0 Å². The summed E-state index contributed by atoms with van der Waals surface area (Å²) in [5.41, 5.74) is 6.31. The third-order valence-electron chi connectivity index (χ3n) is 6.40. The average Bonchev–Trinajstić information content (AvgIpc) is 2.84. The van der Waals surface area contributed by atoms with Crippen LogP contribution in [0, 0.1) is 0 Å². The van der Waals surface area contributed by atoms with Crippen LogP contribution in [0.25, 0.3) is 6.08 Å². The molecule has 2 N–H and O–H groups in total. The number of morpholine rings is 1. The van der Waals surface area contributed by atoms with Gasteiger partial charge in [-0.2, -0.15) is 0 Å². The molecule has 6 heteroatoms. The van der Waals surface area contributed by atoms with Crippen molar-refractivity contribution in [2.24, 2.45) is 0 Å². The van der Waals surface area contributed by atoms with Gasteiger partial charge in [0, 0.05) is 45.0 Å². The van der Waals surface area contributed by atoms with Crippen LogP contribution in [0.3, 0.4) is 0 Å². The van der Waals surface area contributed by atoms with Crippen LogP contribution in [0.5, 0.6) is 0 Å². The predicted octanol–water partition coefficient (Wildman–Crippen LogP) is 3.19. The number of benzene rings is 2. The van der Waals surface area contributed by atoms with E-state index in [1.54, 1.807) is 0 Å².